The van der Waals surface area contributed by atoms with E-state index >= 15 is 0 Å². The summed E-state index contributed by atoms with van der Waals surface area (Å²) in [5, 5.41) is 33.1. The molecule has 1 aliphatic heterocycles. The standard InChI is InChI=1S/C25H34N2O8/c1-14(2)9-20(30)27(6-8-33-3)18-12-17(25(32)26-5-7-28)21-16-10-15(13-29)11-19(34-4)23(16)35-24(21)22(18)31/h9-12,18,21-22,24,28-29,31H,5-8,13H2,1-4H3,(H,26,32)/t18-,21+,22+,24+/m1/s1. The minimum Gasteiger partial charge on any atom is -0.493 e. The van der Waals surface area contributed by atoms with Crippen LogP contribution in [0, 0.1) is 0 Å². The fraction of sp³-hybridized carbons (Fsp3) is 0.520. The molecule has 1 aromatic rings. The third-order valence-corrected chi connectivity index (χ3v) is 6.09. The number of carbonyl (C=O) groups is 2. The van der Waals surface area contributed by atoms with E-state index in [1.165, 1.54) is 25.2 Å². The minimum atomic E-state index is -1.17. The zero-order valence-electron chi connectivity index (χ0n) is 20.5. The van der Waals surface area contributed by atoms with Gasteiger partial charge in [0.2, 0.25) is 11.8 Å². The molecule has 0 bridgehead atoms. The maximum absolute atomic E-state index is 13.2. The molecular formula is C25H34N2O8. The van der Waals surface area contributed by atoms with Crippen LogP contribution in [0.1, 0.15) is 30.9 Å². The molecule has 4 atom stereocenters. The Balaban J connectivity index is 2.13. The lowest BCUT2D eigenvalue weighted by atomic mass is 9.77. The van der Waals surface area contributed by atoms with Gasteiger partial charge in [-0.05, 0) is 37.6 Å². The van der Waals surface area contributed by atoms with Gasteiger partial charge < -0.3 is 39.7 Å². The Bertz CT molecular complexity index is 1000. The molecule has 2 amide bonds. The van der Waals surface area contributed by atoms with Gasteiger partial charge in [-0.3, -0.25) is 9.59 Å². The Labute approximate surface area is 204 Å². The molecule has 3 rings (SSSR count). The summed E-state index contributed by atoms with van der Waals surface area (Å²) in [7, 11) is 2.98. The van der Waals surface area contributed by atoms with Crippen LogP contribution >= 0.6 is 0 Å². The summed E-state index contributed by atoms with van der Waals surface area (Å²) in [6.07, 6.45) is 0.994. The molecule has 0 saturated heterocycles. The number of methoxy groups -OCH3 is 2. The molecular weight excluding hydrogens is 456 g/mol. The maximum Gasteiger partial charge on any atom is 0.247 e. The monoisotopic (exact) mass is 490 g/mol. The van der Waals surface area contributed by atoms with Gasteiger partial charge in [0.25, 0.3) is 0 Å². The van der Waals surface area contributed by atoms with E-state index in [1.807, 2.05) is 0 Å². The molecule has 0 spiro atoms. The number of aliphatic hydroxyl groups is 3. The summed E-state index contributed by atoms with van der Waals surface area (Å²) in [4.78, 5) is 27.7. The van der Waals surface area contributed by atoms with Crippen molar-refractivity contribution in [2.75, 3.05) is 40.5 Å². The molecule has 1 aliphatic carbocycles. The van der Waals surface area contributed by atoms with Crippen LogP contribution in [0.15, 0.2) is 35.4 Å². The number of hydrogen-bond donors (Lipinski definition) is 4. The van der Waals surface area contributed by atoms with Gasteiger partial charge in [0.1, 0.15) is 12.2 Å². The number of benzene rings is 1. The molecule has 10 nitrogen and oxygen atoms in total. The topological polar surface area (TPSA) is 138 Å². The molecule has 0 aromatic heterocycles. The van der Waals surface area contributed by atoms with Gasteiger partial charge in [-0.25, -0.2) is 0 Å². The number of amides is 2. The Morgan fingerprint density at radius 1 is 1.23 bits per heavy atom. The SMILES string of the molecule is COCCN(C(=O)C=C(C)C)[C@@H]1C=C(C(=O)NCCO)[C@@H]2c3cc(CO)cc(OC)c3O[C@@H]2[C@H]1O. The van der Waals surface area contributed by atoms with Gasteiger partial charge in [0, 0.05) is 37.4 Å². The summed E-state index contributed by atoms with van der Waals surface area (Å²) in [5.74, 6) is -0.696. The average molecular weight is 491 g/mol. The van der Waals surface area contributed by atoms with E-state index in [4.69, 9.17) is 14.2 Å². The van der Waals surface area contributed by atoms with E-state index < -0.39 is 30.1 Å². The molecule has 35 heavy (non-hydrogen) atoms. The second kappa shape index (κ2) is 11.7. The summed E-state index contributed by atoms with van der Waals surface area (Å²) >= 11 is 0. The number of aliphatic hydroxyl groups excluding tert-OH is 3. The molecule has 0 saturated carbocycles. The number of hydrogen-bond acceptors (Lipinski definition) is 8. The highest BCUT2D eigenvalue weighted by molar-refractivity contribution is 5.96. The van der Waals surface area contributed by atoms with Crippen molar-refractivity contribution in [3.05, 3.63) is 46.6 Å². The van der Waals surface area contributed by atoms with Crippen molar-refractivity contribution in [1.29, 1.82) is 0 Å². The van der Waals surface area contributed by atoms with Crippen LogP contribution in [0.25, 0.3) is 0 Å². The first-order valence-electron chi connectivity index (χ1n) is 11.5. The third kappa shape index (κ3) is 5.51. The highest BCUT2D eigenvalue weighted by Crippen LogP contribution is 2.51. The smallest absolute Gasteiger partial charge is 0.247 e. The fourth-order valence-electron chi connectivity index (χ4n) is 4.54. The van der Waals surface area contributed by atoms with Gasteiger partial charge in [0.15, 0.2) is 11.5 Å². The van der Waals surface area contributed by atoms with Crippen molar-refractivity contribution in [1.82, 2.24) is 10.2 Å². The van der Waals surface area contributed by atoms with Crippen LogP contribution in [-0.2, 0) is 20.9 Å². The second-order valence-electron chi connectivity index (χ2n) is 8.76. The minimum absolute atomic E-state index is 0.0403. The third-order valence-electron chi connectivity index (χ3n) is 6.09. The summed E-state index contributed by atoms with van der Waals surface area (Å²) < 4.78 is 16.8. The zero-order valence-corrected chi connectivity index (χ0v) is 20.5. The largest absolute Gasteiger partial charge is 0.493 e. The normalized spacial score (nSPS) is 22.3. The van der Waals surface area contributed by atoms with Crippen molar-refractivity contribution in [2.45, 2.75) is 44.6 Å². The number of carbonyl (C=O) groups excluding carboxylic acids is 2. The Kier molecular flexibility index (Phi) is 8.90. The number of allylic oxidation sites excluding steroid dienone is 1. The molecule has 10 heteroatoms. The predicted molar refractivity (Wildman–Crippen MR) is 127 cm³/mol. The number of fused-ring (bicyclic) bond motifs is 3. The summed E-state index contributed by atoms with van der Waals surface area (Å²) in [6, 6.07) is 2.49. The maximum atomic E-state index is 13.2. The molecule has 4 N–H and O–H groups in total. The number of nitrogens with zero attached hydrogens (tertiary/aromatic N) is 1. The molecule has 0 unspecified atom stereocenters. The van der Waals surface area contributed by atoms with E-state index in [0.717, 1.165) is 5.57 Å². The molecule has 1 heterocycles. The lowest BCUT2D eigenvalue weighted by Gasteiger charge is -2.40. The number of nitrogens with one attached hydrogen (secondary N) is 1. The van der Waals surface area contributed by atoms with Crippen molar-refractivity contribution < 1.29 is 39.1 Å². The van der Waals surface area contributed by atoms with Gasteiger partial charge in [-0.2, -0.15) is 0 Å². The first kappa shape index (κ1) is 26.7. The average Bonchev–Trinajstić information content (AvgIpc) is 3.22. The Hall–Kier alpha value is -2.92. The number of rotatable bonds is 10. The predicted octanol–water partition coefficient (Wildman–Crippen LogP) is 0.251. The Morgan fingerprint density at radius 2 is 1.97 bits per heavy atom. The van der Waals surface area contributed by atoms with Crippen LogP contribution < -0.4 is 14.8 Å². The fourth-order valence-corrected chi connectivity index (χ4v) is 4.54. The highest BCUT2D eigenvalue weighted by atomic mass is 16.5. The van der Waals surface area contributed by atoms with E-state index in [-0.39, 0.29) is 38.8 Å². The molecule has 1 aromatic carbocycles. The lowest BCUT2D eigenvalue weighted by molar-refractivity contribution is -0.133. The van der Waals surface area contributed by atoms with Crippen molar-refractivity contribution in [3.63, 3.8) is 0 Å². The number of ether oxygens (including phenoxy) is 3. The summed E-state index contributed by atoms with van der Waals surface area (Å²) in [6.45, 7) is 3.56. The molecule has 0 radical (unpaired) electrons. The van der Waals surface area contributed by atoms with Gasteiger partial charge in [-0.1, -0.05) is 5.57 Å². The van der Waals surface area contributed by atoms with E-state index in [1.54, 1.807) is 32.1 Å². The molecule has 2 aliphatic rings. The zero-order chi connectivity index (χ0) is 25.7. The van der Waals surface area contributed by atoms with Crippen molar-refractivity contribution in [3.8, 4) is 11.5 Å². The van der Waals surface area contributed by atoms with Gasteiger partial charge in [-0.15, -0.1) is 0 Å². The van der Waals surface area contributed by atoms with Crippen LogP contribution in [0.5, 0.6) is 11.5 Å². The van der Waals surface area contributed by atoms with Crippen molar-refractivity contribution in [2.24, 2.45) is 0 Å². The van der Waals surface area contributed by atoms with Crippen LogP contribution in [0.4, 0.5) is 0 Å². The molecule has 0 fully saturated rings. The summed E-state index contributed by atoms with van der Waals surface area (Å²) in [5.41, 5.74) is 2.25. The molecule has 192 valence electrons. The van der Waals surface area contributed by atoms with Crippen LogP contribution in [-0.4, -0.2) is 90.8 Å². The van der Waals surface area contributed by atoms with Gasteiger partial charge in [0.05, 0.1) is 38.9 Å². The quantitative estimate of drug-likeness (QED) is 0.343. The highest BCUT2D eigenvalue weighted by Gasteiger charge is 2.51. The van der Waals surface area contributed by atoms with Crippen LogP contribution in [0.2, 0.25) is 0 Å². The second-order valence-corrected chi connectivity index (χ2v) is 8.76. The van der Waals surface area contributed by atoms with E-state index in [2.05, 4.69) is 5.32 Å². The first-order chi connectivity index (χ1) is 16.8. The van der Waals surface area contributed by atoms with Gasteiger partial charge >= 0.3 is 0 Å². The first-order valence-corrected chi connectivity index (χ1v) is 11.5. The van der Waals surface area contributed by atoms with Crippen LogP contribution in [0.3, 0.4) is 0 Å². The Morgan fingerprint density at radius 3 is 2.57 bits per heavy atom. The van der Waals surface area contributed by atoms with Crippen molar-refractivity contribution >= 4 is 11.8 Å². The van der Waals surface area contributed by atoms with E-state index in [9.17, 15) is 24.9 Å². The lowest BCUT2D eigenvalue weighted by Crippen LogP contribution is -2.56. The van der Waals surface area contributed by atoms with E-state index in [0.29, 0.717) is 28.2 Å².